The number of rotatable bonds is 6. The minimum absolute atomic E-state index is 0.0742. The van der Waals surface area contributed by atoms with Gasteiger partial charge in [-0.15, -0.1) is 11.3 Å². The van der Waals surface area contributed by atoms with Gasteiger partial charge >= 0.3 is 0 Å². The Kier molecular flexibility index (Phi) is 5.96. The number of halogens is 1. The van der Waals surface area contributed by atoms with E-state index in [0.29, 0.717) is 12.1 Å². The third-order valence-electron chi connectivity index (χ3n) is 4.27. The van der Waals surface area contributed by atoms with E-state index in [1.165, 1.54) is 21.9 Å². The standard InChI is InChI=1S/C18H21FN2O2S/c19-15-4-1-3-14(11-15)12-18(22)20-13-16(17-5-2-10-24-17)21-6-8-23-9-7-21/h1-5,10-11,16H,6-9,12-13H2,(H,20,22)/p+1/t16-/m1/s1. The zero-order valence-electron chi connectivity index (χ0n) is 13.5. The molecule has 1 aromatic carbocycles. The summed E-state index contributed by atoms with van der Waals surface area (Å²) in [4.78, 5) is 14.9. The van der Waals surface area contributed by atoms with Crippen LogP contribution < -0.4 is 10.2 Å². The topological polar surface area (TPSA) is 42.8 Å². The summed E-state index contributed by atoms with van der Waals surface area (Å²) < 4.78 is 18.7. The van der Waals surface area contributed by atoms with Crippen LogP contribution in [0.4, 0.5) is 4.39 Å². The highest BCUT2D eigenvalue weighted by molar-refractivity contribution is 7.10. The molecule has 0 aliphatic carbocycles. The van der Waals surface area contributed by atoms with Gasteiger partial charge in [-0.3, -0.25) is 4.79 Å². The third-order valence-corrected chi connectivity index (χ3v) is 5.26. The molecule has 128 valence electrons. The predicted molar refractivity (Wildman–Crippen MR) is 91.7 cm³/mol. The maximum absolute atomic E-state index is 13.2. The van der Waals surface area contributed by atoms with E-state index in [1.807, 2.05) is 6.07 Å². The minimum Gasteiger partial charge on any atom is -0.370 e. The quantitative estimate of drug-likeness (QED) is 0.823. The van der Waals surface area contributed by atoms with E-state index >= 15 is 0 Å². The normalized spacial score (nSPS) is 16.7. The summed E-state index contributed by atoms with van der Waals surface area (Å²) in [5.41, 5.74) is 0.693. The second-order valence-electron chi connectivity index (χ2n) is 5.95. The number of hydrogen-bond donors (Lipinski definition) is 2. The van der Waals surface area contributed by atoms with Crippen LogP contribution in [0.15, 0.2) is 41.8 Å². The summed E-state index contributed by atoms with van der Waals surface area (Å²) in [6.07, 6.45) is 0.202. The molecule has 24 heavy (non-hydrogen) atoms. The second kappa shape index (κ2) is 8.37. The molecule has 2 N–H and O–H groups in total. The number of thiophene rings is 1. The van der Waals surface area contributed by atoms with Crippen LogP contribution in [0.25, 0.3) is 0 Å². The first-order valence-electron chi connectivity index (χ1n) is 8.19. The van der Waals surface area contributed by atoms with Gasteiger partial charge in [0, 0.05) is 0 Å². The molecule has 6 heteroatoms. The first-order chi connectivity index (χ1) is 11.7. The summed E-state index contributed by atoms with van der Waals surface area (Å²) in [6, 6.07) is 10.6. The largest absolute Gasteiger partial charge is 0.370 e. The molecule has 1 atom stereocenters. The number of benzene rings is 1. The van der Waals surface area contributed by atoms with Crippen LogP contribution in [0.1, 0.15) is 16.5 Å². The van der Waals surface area contributed by atoms with Gasteiger partial charge in [-0.05, 0) is 29.1 Å². The van der Waals surface area contributed by atoms with Crippen LogP contribution in [0.5, 0.6) is 0 Å². The lowest BCUT2D eigenvalue weighted by Gasteiger charge is -2.31. The molecule has 0 spiro atoms. The van der Waals surface area contributed by atoms with Crippen molar-refractivity contribution in [2.24, 2.45) is 0 Å². The Morgan fingerprint density at radius 1 is 1.29 bits per heavy atom. The maximum atomic E-state index is 13.2. The van der Waals surface area contributed by atoms with Crippen LogP contribution in [-0.4, -0.2) is 38.8 Å². The van der Waals surface area contributed by atoms with Gasteiger partial charge in [0.05, 0.1) is 31.1 Å². The van der Waals surface area contributed by atoms with Crippen molar-refractivity contribution in [1.29, 1.82) is 0 Å². The van der Waals surface area contributed by atoms with Crippen molar-refractivity contribution in [3.63, 3.8) is 0 Å². The number of amides is 1. The van der Waals surface area contributed by atoms with Crippen LogP contribution >= 0.6 is 11.3 Å². The van der Waals surface area contributed by atoms with E-state index in [9.17, 15) is 9.18 Å². The fourth-order valence-electron chi connectivity index (χ4n) is 3.03. The number of carbonyl (C=O) groups is 1. The Hall–Kier alpha value is -1.76. The van der Waals surface area contributed by atoms with Crippen molar-refractivity contribution in [2.75, 3.05) is 32.8 Å². The molecule has 0 saturated carbocycles. The van der Waals surface area contributed by atoms with Gasteiger partial charge in [0.2, 0.25) is 5.91 Å². The Morgan fingerprint density at radius 2 is 2.12 bits per heavy atom. The molecule has 1 aromatic heterocycles. The average molecular weight is 349 g/mol. The van der Waals surface area contributed by atoms with Gasteiger partial charge in [-0.2, -0.15) is 0 Å². The minimum atomic E-state index is -0.311. The molecular weight excluding hydrogens is 327 g/mol. The summed E-state index contributed by atoms with van der Waals surface area (Å²) in [5, 5.41) is 5.09. The Bertz CT molecular complexity index is 657. The molecule has 4 nitrogen and oxygen atoms in total. The lowest BCUT2D eigenvalue weighted by Crippen LogP contribution is -3.15. The van der Waals surface area contributed by atoms with Crippen LogP contribution in [0.3, 0.4) is 0 Å². The SMILES string of the molecule is O=C(Cc1cccc(F)c1)NC[C@H](c1cccs1)[NH+]1CCOCC1. The molecule has 1 aliphatic heterocycles. The highest BCUT2D eigenvalue weighted by atomic mass is 32.1. The maximum Gasteiger partial charge on any atom is 0.224 e. The van der Waals surface area contributed by atoms with Gasteiger partial charge in [-0.25, -0.2) is 4.39 Å². The summed E-state index contributed by atoms with van der Waals surface area (Å²) in [5.74, 6) is -0.385. The molecule has 0 bridgehead atoms. The van der Waals surface area contributed by atoms with E-state index in [-0.39, 0.29) is 24.2 Å². The molecule has 1 saturated heterocycles. The van der Waals surface area contributed by atoms with Crippen molar-refractivity contribution in [3.8, 4) is 0 Å². The van der Waals surface area contributed by atoms with E-state index < -0.39 is 0 Å². The van der Waals surface area contributed by atoms with Gasteiger partial charge in [0.25, 0.3) is 0 Å². The zero-order valence-corrected chi connectivity index (χ0v) is 14.3. The van der Waals surface area contributed by atoms with Crippen molar-refractivity contribution in [1.82, 2.24) is 5.32 Å². The van der Waals surface area contributed by atoms with Gasteiger partial charge in [0.1, 0.15) is 24.9 Å². The fourth-order valence-corrected chi connectivity index (χ4v) is 3.91. The zero-order chi connectivity index (χ0) is 16.8. The lowest BCUT2D eigenvalue weighted by molar-refractivity contribution is -0.937. The number of hydrogen-bond acceptors (Lipinski definition) is 3. The van der Waals surface area contributed by atoms with Crippen molar-refractivity contribution >= 4 is 17.2 Å². The fraction of sp³-hybridized carbons (Fsp3) is 0.389. The molecule has 1 amide bonds. The van der Waals surface area contributed by atoms with E-state index in [1.54, 1.807) is 23.5 Å². The summed E-state index contributed by atoms with van der Waals surface area (Å²) >= 11 is 1.72. The van der Waals surface area contributed by atoms with E-state index in [2.05, 4.69) is 16.8 Å². The van der Waals surface area contributed by atoms with Crippen molar-refractivity contribution in [2.45, 2.75) is 12.5 Å². The van der Waals surface area contributed by atoms with Gasteiger partial charge in [-0.1, -0.05) is 18.2 Å². The first kappa shape index (κ1) is 17.1. The van der Waals surface area contributed by atoms with E-state index in [4.69, 9.17) is 4.74 Å². The number of quaternary nitrogens is 1. The lowest BCUT2D eigenvalue weighted by atomic mass is 10.1. The molecule has 0 radical (unpaired) electrons. The average Bonchev–Trinajstić information content (AvgIpc) is 3.10. The highest BCUT2D eigenvalue weighted by Gasteiger charge is 2.27. The van der Waals surface area contributed by atoms with Crippen LogP contribution in [0, 0.1) is 5.82 Å². The number of nitrogens with one attached hydrogen (secondary N) is 2. The van der Waals surface area contributed by atoms with Crippen molar-refractivity contribution in [3.05, 3.63) is 58.0 Å². The van der Waals surface area contributed by atoms with Gasteiger partial charge < -0.3 is 15.0 Å². The monoisotopic (exact) mass is 349 g/mol. The number of ether oxygens (including phenoxy) is 1. The van der Waals surface area contributed by atoms with Crippen molar-refractivity contribution < 1.29 is 18.8 Å². The Balaban J connectivity index is 1.59. The number of morpholine rings is 1. The molecule has 1 fully saturated rings. The Labute approximate surface area is 145 Å². The highest BCUT2D eigenvalue weighted by Crippen LogP contribution is 2.16. The second-order valence-corrected chi connectivity index (χ2v) is 6.93. The van der Waals surface area contributed by atoms with E-state index in [0.717, 1.165) is 26.3 Å². The predicted octanol–water partition coefficient (Wildman–Crippen LogP) is 1.20. The molecular formula is C18H22FN2O2S+. The smallest absolute Gasteiger partial charge is 0.224 e. The summed E-state index contributed by atoms with van der Waals surface area (Å²) in [7, 11) is 0. The third kappa shape index (κ3) is 4.63. The van der Waals surface area contributed by atoms with Crippen LogP contribution in [0.2, 0.25) is 0 Å². The molecule has 3 rings (SSSR count). The molecule has 0 unspecified atom stereocenters. The molecule has 2 heterocycles. The number of carbonyl (C=O) groups excluding carboxylic acids is 1. The summed E-state index contributed by atoms with van der Waals surface area (Å²) in [6.45, 7) is 4.00. The first-order valence-corrected chi connectivity index (χ1v) is 9.07. The van der Waals surface area contributed by atoms with Crippen LogP contribution in [-0.2, 0) is 16.0 Å². The Morgan fingerprint density at radius 3 is 2.83 bits per heavy atom. The molecule has 2 aromatic rings. The molecule has 1 aliphatic rings. The van der Waals surface area contributed by atoms with Gasteiger partial charge in [0.15, 0.2) is 0 Å².